The molecule has 92 valence electrons. The summed E-state index contributed by atoms with van der Waals surface area (Å²) in [6.45, 7) is 0.465. The van der Waals surface area contributed by atoms with Gasteiger partial charge in [0, 0.05) is 12.6 Å². The molecule has 1 atom stereocenters. The Morgan fingerprint density at radius 3 is 2.56 bits per heavy atom. The maximum Gasteiger partial charge on any atom is 0.280 e. The summed E-state index contributed by atoms with van der Waals surface area (Å²) in [5.74, 6) is -0.0547. The molecular weight excluding hydrogens is 228 g/mol. The van der Waals surface area contributed by atoms with Crippen LogP contribution < -0.4 is 10.5 Å². The summed E-state index contributed by atoms with van der Waals surface area (Å²) < 4.78 is 28.0. The Balaban J connectivity index is 2.11. The van der Waals surface area contributed by atoms with Crippen molar-refractivity contribution in [3.8, 4) is 0 Å². The Labute approximate surface area is 95.9 Å². The zero-order valence-electron chi connectivity index (χ0n) is 9.15. The lowest BCUT2D eigenvalue weighted by Gasteiger charge is -2.33. The molecule has 4 N–H and O–H groups in total. The lowest BCUT2D eigenvalue weighted by molar-refractivity contribution is 0.299. The molecule has 7 heteroatoms. The number of piperidine rings is 1. The average molecular weight is 246 g/mol. The third-order valence-corrected chi connectivity index (χ3v) is 4.70. The lowest BCUT2D eigenvalue weighted by atomic mass is 10.0. The summed E-state index contributed by atoms with van der Waals surface area (Å²) in [4.78, 5) is 0. The van der Waals surface area contributed by atoms with Gasteiger partial charge in [0.25, 0.3) is 10.2 Å². The van der Waals surface area contributed by atoms with Gasteiger partial charge in [-0.2, -0.15) is 17.4 Å². The SMILES string of the molecule is N=C(N)C1CCCCN1S(=O)(=O)NC1CC1. The van der Waals surface area contributed by atoms with Gasteiger partial charge < -0.3 is 5.73 Å². The van der Waals surface area contributed by atoms with Gasteiger partial charge in [0.1, 0.15) is 5.84 Å². The smallest absolute Gasteiger partial charge is 0.280 e. The van der Waals surface area contributed by atoms with E-state index in [-0.39, 0.29) is 11.9 Å². The monoisotopic (exact) mass is 246 g/mol. The number of hydrogen-bond donors (Lipinski definition) is 3. The molecule has 1 heterocycles. The molecule has 0 bridgehead atoms. The van der Waals surface area contributed by atoms with Gasteiger partial charge in [-0.3, -0.25) is 5.41 Å². The van der Waals surface area contributed by atoms with E-state index >= 15 is 0 Å². The van der Waals surface area contributed by atoms with Crippen LogP contribution in [0, 0.1) is 5.41 Å². The van der Waals surface area contributed by atoms with E-state index in [1.807, 2.05) is 0 Å². The van der Waals surface area contributed by atoms with E-state index in [2.05, 4.69) is 4.72 Å². The van der Waals surface area contributed by atoms with Crippen LogP contribution in [-0.2, 0) is 10.2 Å². The summed E-state index contributed by atoms with van der Waals surface area (Å²) in [7, 11) is -3.45. The first kappa shape index (κ1) is 11.8. The van der Waals surface area contributed by atoms with Crippen molar-refractivity contribution < 1.29 is 8.42 Å². The Bertz CT molecular complexity index is 377. The predicted octanol–water partition coefficient (Wildman–Crippen LogP) is -0.226. The topological polar surface area (TPSA) is 99.3 Å². The van der Waals surface area contributed by atoms with E-state index in [4.69, 9.17) is 11.1 Å². The first-order valence-corrected chi connectivity index (χ1v) is 7.08. The third-order valence-electron chi connectivity index (χ3n) is 3.01. The van der Waals surface area contributed by atoms with E-state index < -0.39 is 16.3 Å². The molecule has 0 aromatic carbocycles. The van der Waals surface area contributed by atoms with Crippen molar-refractivity contribution in [2.75, 3.05) is 6.54 Å². The molecule has 1 unspecified atom stereocenters. The van der Waals surface area contributed by atoms with Gasteiger partial charge in [-0.1, -0.05) is 6.42 Å². The number of amidine groups is 1. The maximum absolute atomic E-state index is 12.0. The van der Waals surface area contributed by atoms with Crippen molar-refractivity contribution >= 4 is 16.0 Å². The van der Waals surface area contributed by atoms with E-state index in [1.54, 1.807) is 0 Å². The van der Waals surface area contributed by atoms with Crippen LogP contribution in [0.5, 0.6) is 0 Å². The molecule has 0 amide bonds. The second-order valence-electron chi connectivity index (χ2n) is 4.47. The zero-order valence-corrected chi connectivity index (χ0v) is 9.96. The van der Waals surface area contributed by atoms with Gasteiger partial charge in [0.05, 0.1) is 6.04 Å². The van der Waals surface area contributed by atoms with E-state index in [0.29, 0.717) is 13.0 Å². The first-order valence-electron chi connectivity index (χ1n) is 5.64. The maximum atomic E-state index is 12.0. The molecule has 1 aliphatic heterocycles. The van der Waals surface area contributed by atoms with Crippen molar-refractivity contribution in [1.82, 2.24) is 9.03 Å². The van der Waals surface area contributed by atoms with Crippen LogP contribution in [0.15, 0.2) is 0 Å². The Kier molecular flexibility index (Phi) is 3.18. The van der Waals surface area contributed by atoms with Crippen molar-refractivity contribution in [2.45, 2.75) is 44.2 Å². The third kappa shape index (κ3) is 2.53. The molecule has 16 heavy (non-hydrogen) atoms. The molecule has 1 saturated carbocycles. The number of nitrogens with zero attached hydrogens (tertiary/aromatic N) is 1. The van der Waals surface area contributed by atoms with E-state index in [1.165, 1.54) is 4.31 Å². The van der Waals surface area contributed by atoms with Crippen LogP contribution >= 0.6 is 0 Å². The fourth-order valence-corrected chi connectivity index (χ4v) is 3.70. The van der Waals surface area contributed by atoms with E-state index in [9.17, 15) is 8.42 Å². The summed E-state index contributed by atoms with van der Waals surface area (Å²) in [6.07, 6.45) is 4.26. The zero-order chi connectivity index (χ0) is 11.8. The highest BCUT2D eigenvalue weighted by molar-refractivity contribution is 7.87. The number of nitrogens with one attached hydrogen (secondary N) is 2. The molecule has 1 saturated heterocycles. The van der Waals surface area contributed by atoms with Crippen LogP contribution in [0.2, 0.25) is 0 Å². The number of hydrogen-bond acceptors (Lipinski definition) is 3. The highest BCUT2D eigenvalue weighted by Gasteiger charge is 2.37. The van der Waals surface area contributed by atoms with Gasteiger partial charge in [0.15, 0.2) is 0 Å². The first-order chi connectivity index (χ1) is 7.50. The Morgan fingerprint density at radius 1 is 1.31 bits per heavy atom. The largest absolute Gasteiger partial charge is 0.386 e. The fourth-order valence-electron chi connectivity index (χ4n) is 1.98. The minimum atomic E-state index is -3.45. The van der Waals surface area contributed by atoms with Gasteiger partial charge in [0.2, 0.25) is 0 Å². The summed E-state index contributed by atoms with van der Waals surface area (Å²) in [6, 6.07) is -0.357. The predicted molar refractivity (Wildman–Crippen MR) is 61.3 cm³/mol. The lowest BCUT2D eigenvalue weighted by Crippen LogP contribution is -2.54. The number of nitrogens with two attached hydrogens (primary N) is 1. The molecule has 2 rings (SSSR count). The molecule has 6 nitrogen and oxygen atoms in total. The van der Waals surface area contributed by atoms with Crippen LogP contribution in [0.3, 0.4) is 0 Å². The average Bonchev–Trinajstić information content (AvgIpc) is 3.01. The minimum absolute atomic E-state index is 0.0547. The Hall–Kier alpha value is -0.660. The molecule has 2 fully saturated rings. The molecule has 1 aliphatic carbocycles. The Morgan fingerprint density at radius 2 is 2.00 bits per heavy atom. The highest BCUT2D eigenvalue weighted by atomic mass is 32.2. The normalized spacial score (nSPS) is 27.9. The second-order valence-corrected chi connectivity index (χ2v) is 6.13. The van der Waals surface area contributed by atoms with Crippen LogP contribution in [0.4, 0.5) is 0 Å². The molecule has 0 radical (unpaired) electrons. The highest BCUT2D eigenvalue weighted by Crippen LogP contribution is 2.24. The van der Waals surface area contributed by atoms with Gasteiger partial charge in [-0.15, -0.1) is 0 Å². The van der Waals surface area contributed by atoms with Crippen molar-refractivity contribution in [2.24, 2.45) is 5.73 Å². The van der Waals surface area contributed by atoms with E-state index in [0.717, 1.165) is 25.7 Å². The second kappa shape index (κ2) is 4.31. The summed E-state index contributed by atoms with van der Waals surface area (Å²) in [5.41, 5.74) is 5.45. The van der Waals surface area contributed by atoms with Crippen molar-refractivity contribution in [3.05, 3.63) is 0 Å². The molecule has 0 spiro atoms. The summed E-state index contributed by atoms with van der Waals surface area (Å²) >= 11 is 0. The molecule has 0 aromatic heterocycles. The van der Waals surface area contributed by atoms with Crippen LogP contribution in [0.25, 0.3) is 0 Å². The summed E-state index contributed by atoms with van der Waals surface area (Å²) in [5, 5.41) is 7.44. The van der Waals surface area contributed by atoms with Crippen molar-refractivity contribution in [3.63, 3.8) is 0 Å². The van der Waals surface area contributed by atoms with Gasteiger partial charge >= 0.3 is 0 Å². The van der Waals surface area contributed by atoms with Crippen LogP contribution in [-0.4, -0.2) is 37.2 Å². The fraction of sp³-hybridized carbons (Fsp3) is 0.889. The molecule has 2 aliphatic rings. The van der Waals surface area contributed by atoms with Crippen molar-refractivity contribution in [1.29, 1.82) is 5.41 Å². The molecule has 0 aromatic rings. The minimum Gasteiger partial charge on any atom is -0.386 e. The standard InChI is InChI=1S/C9H18N4O2S/c10-9(11)8-3-1-2-6-13(8)16(14,15)12-7-4-5-7/h7-8,12H,1-6H2,(H3,10,11). The quantitative estimate of drug-likeness (QED) is 0.472. The van der Waals surface area contributed by atoms with Gasteiger partial charge in [-0.05, 0) is 25.7 Å². The van der Waals surface area contributed by atoms with Gasteiger partial charge in [-0.25, -0.2) is 0 Å². The number of rotatable bonds is 4. The molecular formula is C9H18N4O2S. The van der Waals surface area contributed by atoms with Crippen LogP contribution in [0.1, 0.15) is 32.1 Å².